The predicted molar refractivity (Wildman–Crippen MR) is 128 cm³/mol. The number of likely N-dealkylation sites (tertiary alicyclic amines) is 1. The minimum atomic E-state index is -0.598. The maximum Gasteiger partial charge on any atom is 0.407 e. The van der Waals surface area contributed by atoms with Crippen LogP contribution in [0.2, 0.25) is 0 Å². The third kappa shape index (κ3) is 6.37. The van der Waals surface area contributed by atoms with Gasteiger partial charge in [0.25, 0.3) is 17.7 Å². The fourth-order valence-electron chi connectivity index (χ4n) is 4.16. The number of nitrogens with one attached hydrogen (secondary N) is 2. The van der Waals surface area contributed by atoms with E-state index in [9.17, 15) is 24.0 Å². The Balaban J connectivity index is 1.47. The van der Waals surface area contributed by atoms with Crippen molar-refractivity contribution in [2.75, 3.05) is 19.6 Å². The number of imide groups is 1. The largest absolute Gasteiger partial charge is 0.444 e. The van der Waals surface area contributed by atoms with Crippen LogP contribution in [0.1, 0.15) is 85.0 Å². The smallest absolute Gasteiger partial charge is 0.407 e. The van der Waals surface area contributed by atoms with E-state index in [1.807, 2.05) is 0 Å². The standard InChI is InChI=1S/C25H34N4O6/c1-15(2)29-22(32)18-7-6-16(14-19(18)23(29)33)21(31)28-12-9-17(10-13-28)27-20(30)8-11-26-24(34)35-25(3,4)5/h6-7,14-15,17H,8-13H2,1-5H3,(H,26,34)(H,27,30). The van der Waals surface area contributed by atoms with Gasteiger partial charge in [-0.05, 0) is 65.7 Å². The second-order valence-corrected chi connectivity index (χ2v) is 10.1. The molecule has 10 nitrogen and oxygen atoms in total. The minimum Gasteiger partial charge on any atom is -0.444 e. The maximum atomic E-state index is 13.0. The first-order valence-electron chi connectivity index (χ1n) is 11.9. The van der Waals surface area contributed by atoms with Crippen molar-refractivity contribution in [3.63, 3.8) is 0 Å². The average Bonchev–Trinajstić information content (AvgIpc) is 3.02. The zero-order chi connectivity index (χ0) is 25.9. The van der Waals surface area contributed by atoms with Gasteiger partial charge in [-0.2, -0.15) is 0 Å². The lowest BCUT2D eigenvalue weighted by Gasteiger charge is -2.32. The number of alkyl carbamates (subject to hydrolysis) is 1. The Bertz CT molecular complexity index is 1020. The first kappa shape index (κ1) is 26.2. The molecule has 1 aromatic rings. The Hall–Kier alpha value is -3.43. The molecule has 0 aliphatic carbocycles. The molecule has 0 saturated carbocycles. The number of hydrogen-bond donors (Lipinski definition) is 2. The summed E-state index contributed by atoms with van der Waals surface area (Å²) >= 11 is 0. The molecule has 0 unspecified atom stereocenters. The van der Waals surface area contributed by atoms with Gasteiger partial charge >= 0.3 is 6.09 Å². The van der Waals surface area contributed by atoms with Crippen molar-refractivity contribution in [3.8, 4) is 0 Å². The molecule has 1 aromatic carbocycles. The first-order chi connectivity index (χ1) is 16.4. The van der Waals surface area contributed by atoms with Gasteiger partial charge in [0, 0.05) is 43.7 Å². The van der Waals surface area contributed by atoms with Crippen LogP contribution in [0, 0.1) is 0 Å². The summed E-state index contributed by atoms with van der Waals surface area (Å²) in [5.74, 6) is -1.10. The second kappa shape index (κ2) is 10.5. The van der Waals surface area contributed by atoms with Crippen LogP contribution in [0.4, 0.5) is 4.79 Å². The van der Waals surface area contributed by atoms with E-state index >= 15 is 0 Å². The van der Waals surface area contributed by atoms with Gasteiger partial charge < -0.3 is 20.3 Å². The van der Waals surface area contributed by atoms with Gasteiger partial charge in [0.05, 0.1) is 11.1 Å². The first-order valence-corrected chi connectivity index (χ1v) is 11.9. The van der Waals surface area contributed by atoms with Crippen LogP contribution in [0.15, 0.2) is 18.2 Å². The average molecular weight is 487 g/mol. The third-order valence-corrected chi connectivity index (χ3v) is 5.85. The predicted octanol–water partition coefficient (Wildman–Crippen LogP) is 2.33. The molecule has 2 heterocycles. The van der Waals surface area contributed by atoms with Crippen molar-refractivity contribution in [1.82, 2.24) is 20.4 Å². The molecule has 0 radical (unpaired) electrons. The molecule has 0 aromatic heterocycles. The topological polar surface area (TPSA) is 125 Å². The number of amides is 5. The fraction of sp³-hybridized carbons (Fsp3) is 0.560. The number of hydrogen-bond acceptors (Lipinski definition) is 6. The van der Waals surface area contributed by atoms with Gasteiger partial charge in [0.15, 0.2) is 0 Å². The summed E-state index contributed by atoms with van der Waals surface area (Å²) in [6, 6.07) is 4.31. The fourth-order valence-corrected chi connectivity index (χ4v) is 4.16. The molecule has 1 fully saturated rings. The zero-order valence-electron chi connectivity index (χ0n) is 21.0. The molecular weight excluding hydrogens is 452 g/mol. The van der Waals surface area contributed by atoms with Gasteiger partial charge in [0.2, 0.25) is 5.91 Å². The highest BCUT2D eigenvalue weighted by Crippen LogP contribution is 2.26. The summed E-state index contributed by atoms with van der Waals surface area (Å²) in [7, 11) is 0. The molecule has 10 heteroatoms. The molecule has 0 bridgehead atoms. The van der Waals surface area contributed by atoms with Crippen molar-refractivity contribution in [1.29, 1.82) is 0 Å². The number of fused-ring (bicyclic) bond motifs is 1. The lowest BCUT2D eigenvalue weighted by atomic mass is 10.0. The van der Waals surface area contributed by atoms with E-state index in [2.05, 4.69) is 10.6 Å². The molecule has 1 saturated heterocycles. The highest BCUT2D eigenvalue weighted by molar-refractivity contribution is 6.22. The Kier molecular flexibility index (Phi) is 7.82. The Morgan fingerprint density at radius 1 is 1.06 bits per heavy atom. The number of piperidine rings is 1. The van der Waals surface area contributed by atoms with E-state index < -0.39 is 11.7 Å². The number of carbonyl (C=O) groups excluding carboxylic acids is 5. The van der Waals surface area contributed by atoms with Gasteiger partial charge in [-0.25, -0.2) is 4.79 Å². The van der Waals surface area contributed by atoms with Crippen molar-refractivity contribution >= 4 is 29.7 Å². The summed E-state index contributed by atoms with van der Waals surface area (Å²) in [6.07, 6.45) is 0.765. The lowest BCUT2D eigenvalue weighted by Crippen LogP contribution is -2.47. The van der Waals surface area contributed by atoms with Crippen LogP contribution in [-0.2, 0) is 9.53 Å². The summed E-state index contributed by atoms with van der Waals surface area (Å²) < 4.78 is 5.13. The van der Waals surface area contributed by atoms with Gasteiger partial charge in [-0.15, -0.1) is 0 Å². The molecule has 0 atom stereocenters. The molecule has 3 rings (SSSR count). The molecule has 2 N–H and O–H groups in total. The highest BCUT2D eigenvalue weighted by Gasteiger charge is 2.38. The number of ether oxygens (including phenoxy) is 1. The molecule has 2 aliphatic rings. The quantitative estimate of drug-likeness (QED) is 0.595. The van der Waals surface area contributed by atoms with Gasteiger partial charge in [-0.1, -0.05) is 0 Å². The minimum absolute atomic E-state index is 0.0631. The van der Waals surface area contributed by atoms with Crippen LogP contribution < -0.4 is 10.6 Å². The molecule has 2 aliphatic heterocycles. The van der Waals surface area contributed by atoms with E-state index in [0.29, 0.717) is 37.1 Å². The van der Waals surface area contributed by atoms with Crippen molar-refractivity contribution in [3.05, 3.63) is 34.9 Å². The van der Waals surface area contributed by atoms with E-state index in [-0.39, 0.29) is 54.2 Å². The summed E-state index contributed by atoms with van der Waals surface area (Å²) in [5.41, 5.74) is 0.351. The monoisotopic (exact) mass is 486 g/mol. The molecule has 35 heavy (non-hydrogen) atoms. The molecule has 0 spiro atoms. The van der Waals surface area contributed by atoms with Crippen LogP contribution >= 0.6 is 0 Å². The van der Waals surface area contributed by atoms with E-state index in [0.717, 1.165) is 0 Å². The number of rotatable bonds is 6. The lowest BCUT2D eigenvalue weighted by molar-refractivity contribution is -0.121. The van der Waals surface area contributed by atoms with Gasteiger partial charge in [-0.3, -0.25) is 24.1 Å². The van der Waals surface area contributed by atoms with Crippen LogP contribution in [0.5, 0.6) is 0 Å². The van der Waals surface area contributed by atoms with E-state index in [4.69, 9.17) is 4.74 Å². The molecule has 5 amide bonds. The summed E-state index contributed by atoms with van der Waals surface area (Å²) in [6.45, 7) is 9.93. The normalized spacial score (nSPS) is 16.4. The van der Waals surface area contributed by atoms with Crippen molar-refractivity contribution in [2.24, 2.45) is 0 Å². The van der Waals surface area contributed by atoms with Crippen LogP contribution in [0.25, 0.3) is 0 Å². The van der Waals surface area contributed by atoms with Crippen LogP contribution in [-0.4, -0.2) is 76.8 Å². The van der Waals surface area contributed by atoms with E-state index in [1.54, 1.807) is 51.7 Å². The zero-order valence-corrected chi connectivity index (χ0v) is 21.0. The van der Waals surface area contributed by atoms with Crippen molar-refractivity contribution < 1.29 is 28.7 Å². The number of benzene rings is 1. The summed E-state index contributed by atoms with van der Waals surface area (Å²) in [5, 5.41) is 5.50. The second-order valence-electron chi connectivity index (χ2n) is 10.1. The third-order valence-electron chi connectivity index (χ3n) is 5.85. The molecular formula is C25H34N4O6. The van der Waals surface area contributed by atoms with Crippen LogP contribution in [0.3, 0.4) is 0 Å². The Morgan fingerprint density at radius 2 is 1.69 bits per heavy atom. The SMILES string of the molecule is CC(C)N1C(=O)c2ccc(C(=O)N3CCC(NC(=O)CCNC(=O)OC(C)(C)C)CC3)cc2C1=O. The number of nitrogens with zero attached hydrogens (tertiary/aromatic N) is 2. The Labute approximate surface area is 205 Å². The summed E-state index contributed by atoms with van der Waals surface area (Å²) in [4.78, 5) is 64.9. The maximum absolute atomic E-state index is 13.0. The molecule has 190 valence electrons. The van der Waals surface area contributed by atoms with Crippen molar-refractivity contribution in [2.45, 2.75) is 71.6 Å². The van der Waals surface area contributed by atoms with E-state index in [1.165, 1.54) is 11.0 Å². The highest BCUT2D eigenvalue weighted by atomic mass is 16.6. The van der Waals surface area contributed by atoms with Gasteiger partial charge in [0.1, 0.15) is 5.60 Å². The Morgan fingerprint density at radius 3 is 2.29 bits per heavy atom. The number of carbonyl (C=O) groups is 5.